The summed E-state index contributed by atoms with van der Waals surface area (Å²) in [6.07, 6.45) is 2.57. The van der Waals surface area contributed by atoms with Crippen LogP contribution in [0.2, 0.25) is 10.0 Å². The fourth-order valence-electron chi connectivity index (χ4n) is 1.17. The number of thioether (sulfide) groups is 1. The second-order valence-corrected chi connectivity index (χ2v) is 5.03. The predicted molar refractivity (Wildman–Crippen MR) is 67.3 cm³/mol. The molecule has 0 amide bonds. The van der Waals surface area contributed by atoms with Crippen molar-refractivity contribution in [3.63, 3.8) is 0 Å². The first kappa shape index (κ1) is 11.0. The van der Waals surface area contributed by atoms with Crippen LogP contribution in [0.1, 0.15) is 6.42 Å². The van der Waals surface area contributed by atoms with E-state index in [4.69, 9.17) is 23.2 Å². The smallest absolute Gasteiger partial charge is 0.165 e. The van der Waals surface area contributed by atoms with Gasteiger partial charge in [0.2, 0.25) is 0 Å². The van der Waals surface area contributed by atoms with Crippen LogP contribution in [-0.4, -0.2) is 22.2 Å². The van der Waals surface area contributed by atoms with Gasteiger partial charge in [-0.25, -0.2) is 4.98 Å². The van der Waals surface area contributed by atoms with E-state index in [0.29, 0.717) is 15.9 Å². The van der Waals surface area contributed by atoms with Crippen LogP contribution in [0.15, 0.2) is 17.4 Å². The van der Waals surface area contributed by atoms with Gasteiger partial charge in [-0.05, 0) is 18.2 Å². The Morgan fingerprint density at radius 2 is 2.33 bits per heavy atom. The minimum atomic E-state index is 0.484. The van der Waals surface area contributed by atoms with E-state index >= 15 is 0 Å². The highest BCUT2D eigenvalue weighted by Gasteiger charge is 2.09. The average Bonchev–Trinajstić information content (AvgIpc) is 2.69. The minimum absolute atomic E-state index is 0.484. The molecule has 1 saturated heterocycles. The summed E-state index contributed by atoms with van der Waals surface area (Å²) in [6.45, 7) is 0. The molecule has 80 valence electrons. The third kappa shape index (κ3) is 3.00. The monoisotopic (exact) mass is 261 g/mol. The van der Waals surface area contributed by atoms with Crippen LogP contribution in [0, 0.1) is 0 Å². The highest BCUT2D eigenvalue weighted by Crippen LogP contribution is 2.23. The lowest BCUT2D eigenvalue weighted by molar-refractivity contribution is 1.20. The van der Waals surface area contributed by atoms with Crippen molar-refractivity contribution >= 4 is 46.5 Å². The zero-order valence-corrected chi connectivity index (χ0v) is 10.2. The first-order chi connectivity index (χ1) is 7.25. The molecule has 15 heavy (non-hydrogen) atoms. The van der Waals surface area contributed by atoms with Gasteiger partial charge in [-0.2, -0.15) is 16.9 Å². The van der Waals surface area contributed by atoms with Crippen LogP contribution in [0.25, 0.3) is 0 Å². The van der Waals surface area contributed by atoms with Gasteiger partial charge < -0.3 is 0 Å². The van der Waals surface area contributed by atoms with E-state index in [1.165, 1.54) is 0 Å². The first-order valence-electron chi connectivity index (χ1n) is 4.46. The molecule has 0 atom stereocenters. The summed E-state index contributed by atoms with van der Waals surface area (Å²) < 4.78 is 0. The van der Waals surface area contributed by atoms with E-state index < -0.39 is 0 Å². The van der Waals surface area contributed by atoms with Crippen molar-refractivity contribution in [3.8, 4) is 0 Å². The topological polar surface area (TPSA) is 37.3 Å². The van der Waals surface area contributed by atoms with E-state index in [1.54, 1.807) is 12.3 Å². The van der Waals surface area contributed by atoms with Gasteiger partial charge in [0.1, 0.15) is 0 Å². The zero-order valence-electron chi connectivity index (χ0n) is 7.83. The summed E-state index contributed by atoms with van der Waals surface area (Å²) in [6, 6.07) is 1.64. The molecule has 1 N–H and O–H groups in total. The van der Waals surface area contributed by atoms with Crippen LogP contribution < -0.4 is 5.43 Å². The summed E-state index contributed by atoms with van der Waals surface area (Å²) in [4.78, 5) is 4.05. The molecule has 1 aromatic rings. The molecular formula is C9H9Cl2N3S. The number of hydrogen-bond acceptors (Lipinski definition) is 4. The van der Waals surface area contributed by atoms with Crippen molar-refractivity contribution < 1.29 is 0 Å². The molecule has 1 aliphatic heterocycles. The Kier molecular flexibility index (Phi) is 3.72. The van der Waals surface area contributed by atoms with Crippen molar-refractivity contribution in [2.24, 2.45) is 5.10 Å². The SMILES string of the molecule is Clc1cnc(N/N=C2/CCSC2)c(Cl)c1. The summed E-state index contributed by atoms with van der Waals surface area (Å²) >= 11 is 13.5. The number of hydrazone groups is 1. The van der Waals surface area contributed by atoms with E-state index in [2.05, 4.69) is 15.5 Å². The Balaban J connectivity index is 2.07. The summed E-state index contributed by atoms with van der Waals surface area (Å²) in [7, 11) is 0. The van der Waals surface area contributed by atoms with E-state index in [0.717, 1.165) is 23.6 Å². The van der Waals surface area contributed by atoms with Gasteiger partial charge in [0.25, 0.3) is 0 Å². The lowest BCUT2D eigenvalue weighted by Crippen LogP contribution is -2.01. The maximum absolute atomic E-state index is 5.93. The number of anilines is 1. The molecule has 0 saturated carbocycles. The summed E-state index contributed by atoms with van der Waals surface area (Å²) in [5.74, 6) is 2.67. The largest absolute Gasteiger partial charge is 0.260 e. The highest BCUT2D eigenvalue weighted by atomic mass is 35.5. The van der Waals surface area contributed by atoms with Crippen molar-refractivity contribution in [3.05, 3.63) is 22.3 Å². The van der Waals surface area contributed by atoms with Gasteiger partial charge in [-0.15, -0.1) is 0 Å². The normalized spacial score (nSPS) is 18.4. The predicted octanol–water partition coefficient (Wildman–Crippen LogP) is 3.29. The molecular weight excluding hydrogens is 253 g/mol. The lowest BCUT2D eigenvalue weighted by Gasteiger charge is -2.03. The number of nitrogens with one attached hydrogen (secondary N) is 1. The molecule has 0 aromatic carbocycles. The van der Waals surface area contributed by atoms with Crippen LogP contribution in [0.3, 0.4) is 0 Å². The molecule has 2 rings (SSSR count). The fourth-order valence-corrected chi connectivity index (χ4v) is 2.56. The average molecular weight is 262 g/mol. The number of aromatic nitrogens is 1. The van der Waals surface area contributed by atoms with Crippen molar-refractivity contribution in [1.82, 2.24) is 4.98 Å². The molecule has 6 heteroatoms. The Hall–Kier alpha value is -0.450. The molecule has 1 fully saturated rings. The molecule has 0 radical (unpaired) electrons. The quantitative estimate of drug-likeness (QED) is 0.831. The second-order valence-electron chi connectivity index (χ2n) is 3.08. The molecule has 0 unspecified atom stereocenters. The van der Waals surface area contributed by atoms with E-state index in [1.807, 2.05) is 11.8 Å². The number of rotatable bonds is 2. The van der Waals surface area contributed by atoms with E-state index in [-0.39, 0.29) is 0 Å². The second kappa shape index (κ2) is 5.05. The van der Waals surface area contributed by atoms with Crippen molar-refractivity contribution in [2.45, 2.75) is 6.42 Å². The Morgan fingerprint density at radius 3 is 3.00 bits per heavy atom. The Labute approximate surface area is 102 Å². The maximum Gasteiger partial charge on any atom is 0.165 e. The highest BCUT2D eigenvalue weighted by molar-refractivity contribution is 8.00. The van der Waals surface area contributed by atoms with Gasteiger partial charge in [-0.3, -0.25) is 5.43 Å². The van der Waals surface area contributed by atoms with Gasteiger partial charge >= 0.3 is 0 Å². The Bertz CT molecular complexity index is 387. The Morgan fingerprint density at radius 1 is 1.47 bits per heavy atom. The molecule has 0 aliphatic carbocycles. The zero-order chi connectivity index (χ0) is 10.7. The van der Waals surface area contributed by atoms with Gasteiger partial charge in [0, 0.05) is 17.7 Å². The number of nitrogens with zero attached hydrogens (tertiary/aromatic N) is 2. The van der Waals surface area contributed by atoms with Gasteiger partial charge in [0.15, 0.2) is 5.82 Å². The van der Waals surface area contributed by atoms with Crippen LogP contribution in [0.4, 0.5) is 5.82 Å². The summed E-state index contributed by atoms with van der Waals surface area (Å²) in [5.41, 5.74) is 4.00. The maximum atomic E-state index is 5.93. The van der Waals surface area contributed by atoms with Gasteiger partial charge in [0.05, 0.1) is 10.0 Å². The molecule has 2 heterocycles. The van der Waals surface area contributed by atoms with Crippen LogP contribution in [0.5, 0.6) is 0 Å². The van der Waals surface area contributed by atoms with Crippen molar-refractivity contribution in [2.75, 3.05) is 16.9 Å². The third-order valence-electron chi connectivity index (χ3n) is 1.93. The standard InChI is InChI=1S/C9H9Cl2N3S/c10-6-3-8(11)9(12-4-6)14-13-7-1-2-15-5-7/h3-4H,1-2,5H2,(H,12,14)/b13-7-. The minimum Gasteiger partial charge on any atom is -0.260 e. The van der Waals surface area contributed by atoms with Crippen LogP contribution in [-0.2, 0) is 0 Å². The van der Waals surface area contributed by atoms with Gasteiger partial charge in [-0.1, -0.05) is 23.2 Å². The fraction of sp³-hybridized carbons (Fsp3) is 0.333. The first-order valence-corrected chi connectivity index (χ1v) is 6.37. The molecule has 0 spiro atoms. The van der Waals surface area contributed by atoms with Crippen LogP contribution >= 0.6 is 35.0 Å². The molecule has 1 aromatic heterocycles. The third-order valence-corrected chi connectivity index (χ3v) is 3.46. The molecule has 0 bridgehead atoms. The lowest BCUT2D eigenvalue weighted by atomic mass is 10.3. The number of halogens is 2. The number of pyridine rings is 1. The number of hydrogen-bond donors (Lipinski definition) is 1. The van der Waals surface area contributed by atoms with Crippen molar-refractivity contribution in [1.29, 1.82) is 0 Å². The van der Waals surface area contributed by atoms with E-state index in [9.17, 15) is 0 Å². The molecule has 3 nitrogen and oxygen atoms in total. The molecule has 1 aliphatic rings. The summed E-state index contributed by atoms with van der Waals surface area (Å²) in [5, 5.41) is 5.25.